The third-order valence-electron chi connectivity index (χ3n) is 5.28. The van der Waals surface area contributed by atoms with E-state index in [0.29, 0.717) is 23.6 Å². The average molecular weight is 631 g/mol. The van der Waals surface area contributed by atoms with E-state index in [-0.39, 0.29) is 5.57 Å². The molecule has 0 aliphatic carbocycles. The second-order valence-electron chi connectivity index (χ2n) is 7.58. The Morgan fingerprint density at radius 3 is 2.29 bits per heavy atom. The molecule has 34 heavy (non-hydrogen) atoms. The largest absolute Gasteiger partial charge is 0.488 e. The van der Waals surface area contributed by atoms with Gasteiger partial charge in [0.1, 0.15) is 17.9 Å². The minimum absolute atomic E-state index is 0.113. The molecule has 1 aliphatic rings. The predicted octanol–water partition coefficient (Wildman–Crippen LogP) is 5.86. The van der Waals surface area contributed by atoms with Crippen molar-refractivity contribution in [2.45, 2.75) is 20.0 Å². The van der Waals surface area contributed by atoms with Crippen LogP contribution >= 0.6 is 38.5 Å². The topological polar surface area (TPSA) is 75.7 Å². The molecule has 1 heterocycles. The van der Waals surface area contributed by atoms with Gasteiger partial charge in [-0.2, -0.15) is 0 Å². The molecule has 3 aromatic carbocycles. The molecule has 0 atom stereocenters. The molecule has 1 saturated heterocycles. The number of carbonyl (C=O) groups excluding carboxylic acids is 3. The summed E-state index contributed by atoms with van der Waals surface area (Å²) in [6.07, 6.45) is 2.32. The van der Waals surface area contributed by atoms with Crippen LogP contribution in [-0.4, -0.2) is 17.8 Å². The minimum atomic E-state index is -0.761. The zero-order valence-corrected chi connectivity index (χ0v) is 21.9. The van der Waals surface area contributed by atoms with E-state index < -0.39 is 17.8 Å². The Labute approximate surface area is 219 Å². The molecule has 3 aromatic rings. The Hall–Kier alpha value is -2.98. The van der Waals surface area contributed by atoms with E-state index in [4.69, 9.17) is 4.74 Å². The lowest BCUT2D eigenvalue weighted by Crippen LogP contribution is -2.54. The molecular weight excluding hydrogens is 611 g/mol. The molecule has 4 amide bonds. The van der Waals surface area contributed by atoms with Gasteiger partial charge in [-0.15, -0.1) is 0 Å². The van der Waals surface area contributed by atoms with Gasteiger partial charge < -0.3 is 4.74 Å². The van der Waals surface area contributed by atoms with E-state index in [9.17, 15) is 14.4 Å². The van der Waals surface area contributed by atoms with Gasteiger partial charge in [0.25, 0.3) is 11.8 Å². The zero-order chi connectivity index (χ0) is 24.2. The highest BCUT2D eigenvalue weighted by Crippen LogP contribution is 2.26. The van der Waals surface area contributed by atoms with Gasteiger partial charge in [0.2, 0.25) is 0 Å². The maximum Gasteiger partial charge on any atom is 0.335 e. The number of aryl methyl sites for hydroxylation is 1. The number of urea groups is 1. The van der Waals surface area contributed by atoms with Crippen molar-refractivity contribution >= 4 is 68.1 Å². The summed E-state index contributed by atoms with van der Waals surface area (Å²) in [7, 11) is 0. The van der Waals surface area contributed by atoms with Gasteiger partial charge in [-0.3, -0.25) is 14.9 Å². The van der Waals surface area contributed by atoms with E-state index in [2.05, 4.69) is 43.8 Å². The monoisotopic (exact) mass is 630 g/mol. The molecule has 6 nitrogen and oxygen atoms in total. The summed E-state index contributed by atoms with van der Waals surface area (Å²) in [5.41, 5.74) is 3.06. The SMILES string of the molecule is CCc1ccc(N2C(=O)NC(=O)/C(=C/c3ccc(OCc4ccc(Br)cc4)c(I)c3)C2=O)cc1. The van der Waals surface area contributed by atoms with Crippen molar-refractivity contribution in [3.8, 4) is 5.75 Å². The summed E-state index contributed by atoms with van der Waals surface area (Å²) in [5.74, 6) is -0.691. The number of ether oxygens (including phenoxy) is 1. The number of nitrogens with one attached hydrogen (secondary N) is 1. The first-order valence-corrected chi connectivity index (χ1v) is 12.4. The molecule has 8 heteroatoms. The average Bonchev–Trinajstić information content (AvgIpc) is 2.82. The molecule has 0 saturated carbocycles. The number of benzene rings is 3. The Morgan fingerprint density at radius 2 is 1.65 bits per heavy atom. The highest BCUT2D eigenvalue weighted by atomic mass is 127. The molecule has 172 valence electrons. The van der Waals surface area contributed by atoms with Crippen molar-refractivity contribution in [3.05, 3.63) is 97.0 Å². The highest BCUT2D eigenvalue weighted by molar-refractivity contribution is 14.1. The third-order valence-corrected chi connectivity index (χ3v) is 6.65. The van der Waals surface area contributed by atoms with Crippen LogP contribution in [0.4, 0.5) is 10.5 Å². The van der Waals surface area contributed by atoms with Crippen molar-refractivity contribution < 1.29 is 19.1 Å². The minimum Gasteiger partial charge on any atom is -0.488 e. The summed E-state index contributed by atoms with van der Waals surface area (Å²) in [4.78, 5) is 38.9. The fourth-order valence-corrected chi connectivity index (χ4v) is 4.36. The second-order valence-corrected chi connectivity index (χ2v) is 9.66. The number of amides is 4. The normalized spacial score (nSPS) is 15.0. The molecule has 1 aliphatic heterocycles. The lowest BCUT2D eigenvalue weighted by atomic mass is 10.1. The molecule has 0 aromatic heterocycles. The highest BCUT2D eigenvalue weighted by Gasteiger charge is 2.36. The van der Waals surface area contributed by atoms with Gasteiger partial charge in [-0.1, -0.05) is 53.2 Å². The van der Waals surface area contributed by atoms with Gasteiger partial charge in [0.05, 0.1) is 9.26 Å². The van der Waals surface area contributed by atoms with Crippen molar-refractivity contribution in [1.82, 2.24) is 5.32 Å². The number of rotatable bonds is 6. The molecular formula is C26H20BrIN2O4. The first kappa shape index (κ1) is 24.2. The van der Waals surface area contributed by atoms with Crippen LogP contribution in [-0.2, 0) is 22.6 Å². The molecule has 0 radical (unpaired) electrons. The summed E-state index contributed by atoms with van der Waals surface area (Å²) in [6.45, 7) is 2.43. The van der Waals surface area contributed by atoms with Crippen LogP contribution in [0.25, 0.3) is 6.08 Å². The van der Waals surface area contributed by atoms with Crippen LogP contribution < -0.4 is 15.0 Å². The maximum absolute atomic E-state index is 13.1. The lowest BCUT2D eigenvalue weighted by molar-refractivity contribution is -0.122. The summed E-state index contributed by atoms with van der Waals surface area (Å²) < 4.78 is 7.75. The van der Waals surface area contributed by atoms with E-state index in [0.717, 1.165) is 30.5 Å². The first-order valence-electron chi connectivity index (χ1n) is 10.5. The number of halogens is 2. The number of nitrogens with zero attached hydrogens (tertiary/aromatic N) is 1. The standard InChI is InChI=1S/C26H20BrIN2O4/c1-2-16-5-10-20(11-6-16)30-25(32)21(24(31)29-26(30)33)13-18-7-12-23(22(28)14-18)34-15-17-3-8-19(27)9-4-17/h3-14H,2,15H2,1H3,(H,29,31,33)/b21-13-. The number of hydrogen-bond donors (Lipinski definition) is 1. The summed E-state index contributed by atoms with van der Waals surface area (Å²) in [6, 6.07) is 19.6. The van der Waals surface area contributed by atoms with Crippen LogP contribution in [0.5, 0.6) is 5.75 Å². The van der Waals surface area contributed by atoms with E-state index >= 15 is 0 Å². The summed E-state index contributed by atoms with van der Waals surface area (Å²) in [5, 5.41) is 2.25. The van der Waals surface area contributed by atoms with Crippen molar-refractivity contribution in [2.75, 3.05) is 4.90 Å². The molecule has 1 fully saturated rings. The Kier molecular flexibility index (Phi) is 7.47. The van der Waals surface area contributed by atoms with Crippen molar-refractivity contribution in [3.63, 3.8) is 0 Å². The molecule has 0 unspecified atom stereocenters. The van der Waals surface area contributed by atoms with Crippen LogP contribution in [0.15, 0.2) is 76.8 Å². The number of anilines is 1. The number of imide groups is 2. The van der Waals surface area contributed by atoms with Crippen LogP contribution in [0.3, 0.4) is 0 Å². The predicted molar refractivity (Wildman–Crippen MR) is 142 cm³/mol. The number of hydrogen-bond acceptors (Lipinski definition) is 4. The second kappa shape index (κ2) is 10.5. The van der Waals surface area contributed by atoms with Crippen molar-refractivity contribution in [2.24, 2.45) is 0 Å². The van der Waals surface area contributed by atoms with Crippen LogP contribution in [0.1, 0.15) is 23.6 Å². The van der Waals surface area contributed by atoms with Crippen LogP contribution in [0.2, 0.25) is 0 Å². The number of barbiturate groups is 1. The van der Waals surface area contributed by atoms with Gasteiger partial charge in [0, 0.05) is 4.47 Å². The van der Waals surface area contributed by atoms with Crippen molar-refractivity contribution in [1.29, 1.82) is 0 Å². The Bertz CT molecular complexity index is 1290. The number of carbonyl (C=O) groups is 3. The fourth-order valence-electron chi connectivity index (χ4n) is 3.40. The van der Waals surface area contributed by atoms with E-state index in [1.54, 1.807) is 24.3 Å². The quantitative estimate of drug-likeness (QED) is 0.210. The Morgan fingerprint density at radius 1 is 0.971 bits per heavy atom. The molecule has 0 spiro atoms. The molecule has 1 N–H and O–H groups in total. The molecule has 0 bridgehead atoms. The summed E-state index contributed by atoms with van der Waals surface area (Å²) >= 11 is 5.56. The smallest absolute Gasteiger partial charge is 0.335 e. The zero-order valence-electron chi connectivity index (χ0n) is 18.2. The lowest BCUT2D eigenvalue weighted by Gasteiger charge is -2.26. The first-order chi connectivity index (χ1) is 16.4. The van der Waals surface area contributed by atoms with Crippen LogP contribution in [0, 0.1) is 3.57 Å². The Balaban J connectivity index is 1.54. The van der Waals surface area contributed by atoms with Gasteiger partial charge in [-0.25, -0.2) is 9.69 Å². The fraction of sp³-hybridized carbons (Fsp3) is 0.115. The van der Waals surface area contributed by atoms with Gasteiger partial charge in [-0.05, 0) is 88.2 Å². The molecule has 4 rings (SSSR count). The van der Waals surface area contributed by atoms with Gasteiger partial charge in [0.15, 0.2) is 0 Å². The van der Waals surface area contributed by atoms with E-state index in [1.165, 1.54) is 6.08 Å². The maximum atomic E-state index is 13.1. The van der Waals surface area contributed by atoms with Gasteiger partial charge >= 0.3 is 6.03 Å². The third kappa shape index (κ3) is 5.39. The van der Waals surface area contributed by atoms with E-state index in [1.807, 2.05) is 49.4 Å².